The molecule has 6 rings (SSSR count). The Morgan fingerprint density at radius 1 is 0.791 bits per heavy atom. The van der Waals surface area contributed by atoms with Gasteiger partial charge in [0.15, 0.2) is 0 Å². The van der Waals surface area contributed by atoms with Gasteiger partial charge in [0, 0.05) is 64.3 Å². The fourth-order valence-corrected chi connectivity index (χ4v) is 8.51. The molecule has 0 spiro atoms. The number of carbonyl (C=O) groups is 7. The molecule has 15 nitrogen and oxygen atoms in total. The Labute approximate surface area is 391 Å². The summed E-state index contributed by atoms with van der Waals surface area (Å²) < 4.78 is 5.37. The molecule has 15 heteroatoms. The highest BCUT2D eigenvalue weighted by Crippen LogP contribution is 2.35. The fourth-order valence-electron chi connectivity index (χ4n) is 8.51. The van der Waals surface area contributed by atoms with Gasteiger partial charge in [-0.05, 0) is 71.6 Å². The predicted molar refractivity (Wildman–Crippen MR) is 254 cm³/mol. The number of nitrogens with zero attached hydrogens (tertiary/aromatic N) is 1. The smallest absolute Gasteiger partial charge is 0.246 e. The highest BCUT2D eigenvalue weighted by molar-refractivity contribution is 5.97. The summed E-state index contributed by atoms with van der Waals surface area (Å²) in [7, 11) is 0. The highest BCUT2D eigenvalue weighted by atomic mass is 16.5. The van der Waals surface area contributed by atoms with Crippen molar-refractivity contribution in [3.63, 3.8) is 0 Å². The quantitative estimate of drug-likeness (QED) is 0.109. The molecule has 1 fully saturated rings. The van der Waals surface area contributed by atoms with Crippen LogP contribution >= 0.6 is 0 Å². The number of ether oxygens (including phenoxy) is 1. The third-order valence-corrected chi connectivity index (χ3v) is 12.0. The summed E-state index contributed by atoms with van der Waals surface area (Å²) in [5.41, 5.74) is 10.2. The molecule has 0 aromatic heterocycles. The summed E-state index contributed by atoms with van der Waals surface area (Å²) in [6, 6.07) is 30.2. The Morgan fingerprint density at radius 3 is 2.18 bits per heavy atom. The van der Waals surface area contributed by atoms with Crippen LogP contribution in [0.4, 0.5) is 0 Å². The number of hydrogen-bond acceptors (Lipinski definition) is 9. The lowest BCUT2D eigenvalue weighted by molar-refractivity contribution is -0.141. The van der Waals surface area contributed by atoms with Crippen LogP contribution in [0.25, 0.3) is 11.1 Å². The van der Waals surface area contributed by atoms with Crippen LogP contribution in [0.1, 0.15) is 54.0 Å². The molecule has 0 aliphatic carbocycles. The molecule has 0 unspecified atom stereocenters. The Hall–Kier alpha value is -6.97. The lowest BCUT2D eigenvalue weighted by Crippen LogP contribution is -2.58. The number of ketones is 1. The second-order valence-electron chi connectivity index (χ2n) is 17.2. The lowest BCUT2D eigenvalue weighted by Gasteiger charge is -2.42. The van der Waals surface area contributed by atoms with Crippen LogP contribution in [-0.2, 0) is 70.5 Å². The van der Waals surface area contributed by atoms with Gasteiger partial charge in [0.1, 0.15) is 17.9 Å². The third kappa shape index (κ3) is 14.8. The van der Waals surface area contributed by atoms with Crippen molar-refractivity contribution in [2.24, 2.45) is 11.1 Å². The van der Waals surface area contributed by atoms with Gasteiger partial charge < -0.3 is 42.0 Å². The van der Waals surface area contributed by atoms with Gasteiger partial charge in [0.25, 0.3) is 0 Å². The molecule has 6 amide bonds. The van der Waals surface area contributed by atoms with Gasteiger partial charge in [-0.3, -0.25) is 33.6 Å². The molecule has 0 radical (unpaired) electrons. The second-order valence-corrected chi connectivity index (χ2v) is 17.2. The first-order valence-corrected chi connectivity index (χ1v) is 22.9. The summed E-state index contributed by atoms with van der Waals surface area (Å²) in [6.07, 6.45) is 3.98. The largest absolute Gasteiger partial charge is 0.378 e. The summed E-state index contributed by atoms with van der Waals surface area (Å²) in [6.45, 7) is 3.08. The minimum absolute atomic E-state index is 0.00831. The van der Waals surface area contributed by atoms with Crippen molar-refractivity contribution in [2.45, 2.75) is 70.5 Å². The first-order valence-electron chi connectivity index (χ1n) is 22.9. The maximum Gasteiger partial charge on any atom is 0.246 e. The summed E-state index contributed by atoms with van der Waals surface area (Å²) in [4.78, 5) is 96.3. The van der Waals surface area contributed by atoms with E-state index in [1.165, 1.54) is 6.08 Å². The molecule has 4 aromatic rings. The SMILES string of the molecule is CC(=O)Cc1ccc(-c2ccc(C[C@@H]3NC(=O)[C@]4(Cc5ccccc5)CCCN(C4)C(=O)/C=C/C(=O)NCC[C@@H](C(=O)NCCOCCN)NC(=O)Cc4ccccc4CNC3=O)cc2)cc1. The number of hydrogen-bond donors (Lipinski definition) is 6. The molecule has 2 heterocycles. The predicted octanol–water partition coefficient (Wildman–Crippen LogP) is 2.88. The molecule has 4 aromatic carbocycles. The van der Waals surface area contributed by atoms with Gasteiger partial charge in [-0.2, -0.15) is 0 Å². The van der Waals surface area contributed by atoms with E-state index < -0.39 is 47.0 Å². The monoisotopic (exact) mass is 911 g/mol. The number of benzene rings is 4. The van der Waals surface area contributed by atoms with Gasteiger partial charge in [-0.1, -0.05) is 103 Å². The van der Waals surface area contributed by atoms with Gasteiger partial charge in [0.05, 0.1) is 25.0 Å². The third-order valence-electron chi connectivity index (χ3n) is 12.0. The number of Topliss-reactive ketones (excluding diaryl/α,β-unsaturated/α-hetero) is 1. The standard InChI is InChI=1S/C52H61N7O8/c1-36(60)30-37-12-16-40(17-13-37)41-18-14-38(15-19-41)31-45-50(65)56-34-43-11-6-5-10-42(43)32-47(62)57-44(49(64)55-26-29-67-28-24-53)22-25-54-46(61)20-21-48(63)59-27-7-23-52(35-59,51(66)58-45)33-39-8-3-2-4-9-39/h2-6,8-21,44-45H,7,22-35,53H2,1H3,(H,54,61)(H,55,64)(H,56,65)(H,57,62)(H,58,66)/b21-20+/t44-,45-,52-/m0/s1. The summed E-state index contributed by atoms with van der Waals surface area (Å²) in [5, 5.41) is 14.4. The minimum atomic E-state index is -1.12. The number of nitrogens with two attached hydrogens (primary N) is 1. The molecule has 0 saturated carbocycles. The van der Waals surface area contributed by atoms with Gasteiger partial charge in [-0.15, -0.1) is 0 Å². The molecular formula is C52H61N7O8. The van der Waals surface area contributed by atoms with Crippen LogP contribution in [-0.4, -0.2) is 104 Å². The molecular weight excluding hydrogens is 851 g/mol. The molecule has 7 N–H and O–H groups in total. The summed E-state index contributed by atoms with van der Waals surface area (Å²) >= 11 is 0. The molecule has 3 atom stereocenters. The number of amides is 6. The van der Waals surface area contributed by atoms with Crippen LogP contribution in [0.3, 0.4) is 0 Å². The first kappa shape index (κ1) is 49.5. The Balaban J connectivity index is 1.30. The van der Waals surface area contributed by atoms with Crippen molar-refractivity contribution < 1.29 is 38.3 Å². The number of carbonyl (C=O) groups excluding carboxylic acids is 7. The van der Waals surface area contributed by atoms with Gasteiger partial charge >= 0.3 is 0 Å². The Kier molecular flexibility index (Phi) is 18.1. The average Bonchev–Trinajstić information content (AvgIpc) is 3.32. The summed E-state index contributed by atoms with van der Waals surface area (Å²) in [5.74, 6) is -2.68. The molecule has 67 heavy (non-hydrogen) atoms. The van der Waals surface area contributed by atoms with Crippen LogP contribution in [0.5, 0.6) is 0 Å². The zero-order valence-corrected chi connectivity index (χ0v) is 38.0. The molecule has 2 aliphatic heterocycles. The van der Waals surface area contributed by atoms with E-state index in [2.05, 4.69) is 26.6 Å². The van der Waals surface area contributed by atoms with Gasteiger partial charge in [0.2, 0.25) is 35.4 Å². The number of fused-ring (bicyclic) bond motifs is 3. The van der Waals surface area contributed by atoms with E-state index in [9.17, 15) is 33.6 Å². The minimum Gasteiger partial charge on any atom is -0.378 e. The molecule has 2 aliphatic rings. The van der Waals surface area contributed by atoms with E-state index in [0.717, 1.165) is 33.9 Å². The van der Waals surface area contributed by atoms with Crippen LogP contribution in [0.2, 0.25) is 0 Å². The van der Waals surface area contributed by atoms with E-state index in [-0.39, 0.29) is 63.7 Å². The Morgan fingerprint density at radius 2 is 1.48 bits per heavy atom. The van der Waals surface area contributed by atoms with Crippen LogP contribution in [0, 0.1) is 5.41 Å². The maximum atomic E-state index is 14.9. The maximum absolute atomic E-state index is 14.9. The van der Waals surface area contributed by atoms with Crippen molar-refractivity contribution in [3.8, 4) is 11.1 Å². The Bertz CT molecular complexity index is 2390. The van der Waals surface area contributed by atoms with Gasteiger partial charge in [-0.25, -0.2) is 0 Å². The zero-order chi connectivity index (χ0) is 47.6. The van der Waals surface area contributed by atoms with E-state index >= 15 is 0 Å². The van der Waals surface area contributed by atoms with Crippen LogP contribution in [0.15, 0.2) is 115 Å². The van der Waals surface area contributed by atoms with E-state index in [0.29, 0.717) is 56.5 Å². The van der Waals surface area contributed by atoms with Crippen molar-refractivity contribution in [3.05, 3.63) is 143 Å². The zero-order valence-electron chi connectivity index (χ0n) is 38.0. The average molecular weight is 912 g/mol. The number of piperidine rings is 1. The van der Waals surface area contributed by atoms with E-state index in [1.807, 2.05) is 78.9 Å². The topological polar surface area (TPSA) is 218 Å². The lowest BCUT2D eigenvalue weighted by atomic mass is 9.74. The highest BCUT2D eigenvalue weighted by Gasteiger charge is 2.44. The van der Waals surface area contributed by atoms with E-state index in [4.69, 9.17) is 10.5 Å². The molecule has 1 saturated heterocycles. The van der Waals surface area contributed by atoms with E-state index in [1.54, 1.807) is 36.1 Å². The number of nitrogens with one attached hydrogen (secondary N) is 5. The molecule has 352 valence electrons. The van der Waals surface area contributed by atoms with Crippen molar-refractivity contribution in [1.29, 1.82) is 0 Å². The normalized spacial score (nSPS) is 20.4. The molecule has 2 bridgehead atoms. The fraction of sp³-hybridized carbons (Fsp3) is 0.365. The van der Waals surface area contributed by atoms with Crippen molar-refractivity contribution in [1.82, 2.24) is 31.5 Å². The number of rotatable bonds is 13. The van der Waals surface area contributed by atoms with Crippen molar-refractivity contribution >= 4 is 41.2 Å². The first-order chi connectivity index (χ1) is 32.4. The van der Waals surface area contributed by atoms with Crippen LogP contribution < -0.4 is 32.3 Å². The second kappa shape index (κ2) is 24.5. The van der Waals surface area contributed by atoms with Crippen molar-refractivity contribution in [2.75, 3.05) is 45.9 Å².